The summed E-state index contributed by atoms with van der Waals surface area (Å²) in [6, 6.07) is 10.9. The third-order valence-corrected chi connectivity index (χ3v) is 6.28. The van der Waals surface area contributed by atoms with Crippen molar-refractivity contribution >= 4 is 34.9 Å². The van der Waals surface area contributed by atoms with Crippen LogP contribution in [-0.4, -0.2) is 35.1 Å². The summed E-state index contributed by atoms with van der Waals surface area (Å²) in [6.07, 6.45) is 2.34. The van der Waals surface area contributed by atoms with Crippen LogP contribution in [0.1, 0.15) is 46.9 Å². The van der Waals surface area contributed by atoms with E-state index >= 15 is 0 Å². The normalized spacial score (nSPS) is 22.1. The third-order valence-electron chi connectivity index (χ3n) is 6.28. The van der Waals surface area contributed by atoms with Gasteiger partial charge in [-0.2, -0.15) is 0 Å². The highest BCUT2D eigenvalue weighted by Crippen LogP contribution is 2.42. The van der Waals surface area contributed by atoms with Crippen LogP contribution >= 0.6 is 0 Å². The molecule has 1 saturated carbocycles. The lowest BCUT2D eigenvalue weighted by Gasteiger charge is -2.25. The molecule has 1 heterocycles. The summed E-state index contributed by atoms with van der Waals surface area (Å²) in [5.74, 6) is -1.77. The summed E-state index contributed by atoms with van der Waals surface area (Å²) in [6.45, 7) is 1.56. The van der Waals surface area contributed by atoms with Gasteiger partial charge in [-0.3, -0.25) is 29.4 Å². The van der Waals surface area contributed by atoms with E-state index in [1.54, 1.807) is 0 Å². The quantitative estimate of drug-likeness (QED) is 0.217. The minimum Gasteiger partial charge on any atom is -0.454 e. The van der Waals surface area contributed by atoms with E-state index in [0.717, 1.165) is 6.42 Å². The average Bonchev–Trinajstić information content (AvgIpc) is 3.06. The Kier molecular flexibility index (Phi) is 6.04. The number of benzene rings is 2. The number of anilines is 1. The van der Waals surface area contributed by atoms with E-state index in [1.165, 1.54) is 53.4 Å². The van der Waals surface area contributed by atoms with E-state index in [0.29, 0.717) is 24.4 Å². The first kappa shape index (κ1) is 22.3. The van der Waals surface area contributed by atoms with Gasteiger partial charge in [-0.25, -0.2) is 4.79 Å². The van der Waals surface area contributed by atoms with Crippen molar-refractivity contribution in [1.29, 1.82) is 0 Å². The maximum absolute atomic E-state index is 12.8. The average molecular weight is 450 g/mol. The predicted molar refractivity (Wildman–Crippen MR) is 117 cm³/mol. The molecule has 33 heavy (non-hydrogen) atoms. The molecule has 1 aliphatic carbocycles. The summed E-state index contributed by atoms with van der Waals surface area (Å²) >= 11 is 0. The zero-order valence-corrected chi connectivity index (χ0v) is 17.9. The molecule has 0 spiro atoms. The second-order valence-corrected chi connectivity index (χ2v) is 8.49. The van der Waals surface area contributed by atoms with Crippen LogP contribution in [-0.2, 0) is 14.3 Å². The molecule has 2 amide bonds. The highest BCUT2D eigenvalue weighted by Gasteiger charge is 2.49. The van der Waals surface area contributed by atoms with Crippen LogP contribution in [0.15, 0.2) is 48.5 Å². The van der Waals surface area contributed by atoms with Crippen LogP contribution in [0.2, 0.25) is 0 Å². The van der Waals surface area contributed by atoms with Crippen LogP contribution in [0, 0.1) is 27.9 Å². The molecule has 2 aliphatic rings. The van der Waals surface area contributed by atoms with Gasteiger partial charge < -0.3 is 4.74 Å². The van der Waals surface area contributed by atoms with Crippen molar-refractivity contribution in [2.75, 3.05) is 11.5 Å². The number of ketones is 1. The third kappa shape index (κ3) is 4.39. The van der Waals surface area contributed by atoms with Gasteiger partial charge in [0.15, 0.2) is 12.4 Å². The summed E-state index contributed by atoms with van der Waals surface area (Å²) in [5, 5.41) is 10.7. The van der Waals surface area contributed by atoms with Crippen molar-refractivity contribution in [3.63, 3.8) is 0 Å². The monoisotopic (exact) mass is 450 g/mol. The van der Waals surface area contributed by atoms with Crippen molar-refractivity contribution < 1.29 is 28.8 Å². The van der Waals surface area contributed by atoms with Crippen molar-refractivity contribution in [2.24, 2.45) is 17.8 Å². The largest absolute Gasteiger partial charge is 0.454 e. The van der Waals surface area contributed by atoms with Gasteiger partial charge in [0, 0.05) is 17.7 Å². The van der Waals surface area contributed by atoms with Crippen LogP contribution in [0.25, 0.3) is 0 Å². The van der Waals surface area contributed by atoms with Gasteiger partial charge >= 0.3 is 5.97 Å². The SMILES string of the molecule is C[C@@H]1CC[C@@H]2C(=O)N(c3ccc(C(=O)OCC(=O)c4ccc([N+](=O)[O-])cc4)cc3)C(=O)[C@H]2C1. The number of Topliss-reactive ketones (excluding diaryl/α,β-unsaturated/α-hetero) is 1. The minimum atomic E-state index is -0.738. The smallest absolute Gasteiger partial charge is 0.338 e. The number of nitrogens with zero attached hydrogens (tertiary/aromatic N) is 2. The number of esters is 1. The Morgan fingerprint density at radius 2 is 1.58 bits per heavy atom. The molecular weight excluding hydrogens is 428 g/mol. The fourth-order valence-corrected chi connectivity index (χ4v) is 4.46. The number of rotatable bonds is 6. The predicted octanol–water partition coefficient (Wildman–Crippen LogP) is 3.56. The lowest BCUT2D eigenvalue weighted by Crippen LogP contribution is -2.30. The second kappa shape index (κ2) is 8.93. The van der Waals surface area contributed by atoms with Crippen molar-refractivity contribution in [1.82, 2.24) is 0 Å². The molecule has 1 saturated heterocycles. The first-order valence-electron chi connectivity index (χ1n) is 10.7. The molecule has 0 bridgehead atoms. The maximum atomic E-state index is 12.8. The molecular formula is C24H22N2O7. The minimum absolute atomic E-state index is 0.146. The molecule has 0 radical (unpaired) electrons. The Morgan fingerprint density at radius 1 is 0.970 bits per heavy atom. The van der Waals surface area contributed by atoms with Crippen LogP contribution < -0.4 is 4.90 Å². The molecule has 1 aliphatic heterocycles. The first-order chi connectivity index (χ1) is 15.8. The molecule has 0 aromatic heterocycles. The van der Waals surface area contributed by atoms with Crippen molar-refractivity contribution in [2.45, 2.75) is 26.2 Å². The molecule has 3 atom stereocenters. The highest BCUT2D eigenvalue weighted by atomic mass is 16.6. The van der Waals surface area contributed by atoms with E-state index in [-0.39, 0.29) is 40.5 Å². The number of amides is 2. The Morgan fingerprint density at radius 3 is 2.21 bits per heavy atom. The van der Waals surface area contributed by atoms with Crippen LogP contribution in [0.3, 0.4) is 0 Å². The fraction of sp³-hybridized carbons (Fsp3) is 0.333. The second-order valence-electron chi connectivity index (χ2n) is 8.49. The van der Waals surface area contributed by atoms with E-state index in [1.807, 2.05) is 0 Å². The number of non-ortho nitro benzene ring substituents is 1. The van der Waals surface area contributed by atoms with Gasteiger partial charge in [0.25, 0.3) is 5.69 Å². The molecule has 0 unspecified atom stereocenters. The van der Waals surface area contributed by atoms with Crippen LogP contribution in [0.4, 0.5) is 11.4 Å². The van der Waals surface area contributed by atoms with E-state index in [9.17, 15) is 29.3 Å². The number of carbonyl (C=O) groups is 4. The molecule has 0 N–H and O–H groups in total. The van der Waals surface area contributed by atoms with Gasteiger partial charge in [-0.05, 0) is 61.6 Å². The lowest BCUT2D eigenvalue weighted by atomic mass is 9.76. The number of imide groups is 1. The number of hydrogen-bond donors (Lipinski definition) is 0. The maximum Gasteiger partial charge on any atom is 0.338 e. The van der Waals surface area contributed by atoms with Gasteiger partial charge in [0.1, 0.15) is 0 Å². The molecule has 4 rings (SSSR count). The van der Waals surface area contributed by atoms with Gasteiger partial charge in [-0.15, -0.1) is 0 Å². The highest BCUT2D eigenvalue weighted by molar-refractivity contribution is 6.22. The topological polar surface area (TPSA) is 124 Å². The number of hydrogen-bond acceptors (Lipinski definition) is 7. The Hall–Kier alpha value is -3.88. The number of nitro groups is 1. The number of carbonyl (C=O) groups excluding carboxylic acids is 4. The molecule has 9 nitrogen and oxygen atoms in total. The van der Waals surface area contributed by atoms with E-state index < -0.39 is 23.3 Å². The zero-order valence-electron chi connectivity index (χ0n) is 17.9. The number of fused-ring (bicyclic) bond motifs is 1. The molecule has 2 aromatic rings. The Labute approximate surface area is 189 Å². The number of nitro benzene ring substituents is 1. The van der Waals surface area contributed by atoms with Gasteiger partial charge in [-0.1, -0.05) is 6.92 Å². The van der Waals surface area contributed by atoms with Gasteiger partial charge in [0.05, 0.1) is 28.0 Å². The van der Waals surface area contributed by atoms with Gasteiger partial charge in [0.2, 0.25) is 11.8 Å². The van der Waals surface area contributed by atoms with E-state index in [2.05, 4.69) is 6.92 Å². The molecule has 170 valence electrons. The van der Waals surface area contributed by atoms with E-state index in [4.69, 9.17) is 4.74 Å². The van der Waals surface area contributed by atoms with Crippen molar-refractivity contribution in [3.05, 3.63) is 69.8 Å². The van der Waals surface area contributed by atoms with Crippen molar-refractivity contribution in [3.8, 4) is 0 Å². The zero-order chi connectivity index (χ0) is 23.7. The number of ether oxygens (including phenoxy) is 1. The summed E-state index contributed by atoms with van der Waals surface area (Å²) < 4.78 is 5.05. The summed E-state index contributed by atoms with van der Waals surface area (Å²) in [5.41, 5.74) is 0.615. The van der Waals surface area contributed by atoms with Crippen LogP contribution in [0.5, 0.6) is 0 Å². The summed E-state index contributed by atoms with van der Waals surface area (Å²) in [7, 11) is 0. The first-order valence-corrected chi connectivity index (χ1v) is 10.7. The standard InChI is InChI=1S/C24H22N2O7/c1-14-2-11-19-20(12-14)23(29)25(22(19)28)17-7-5-16(6-8-17)24(30)33-13-21(27)15-3-9-18(10-4-15)26(31)32/h3-10,14,19-20H,2,11-13H2,1H3/t14-,19+,20+/m1/s1. The lowest BCUT2D eigenvalue weighted by molar-refractivity contribution is -0.384. The Bertz CT molecular complexity index is 1120. The molecule has 2 fully saturated rings. The molecule has 2 aromatic carbocycles. The molecule has 9 heteroatoms. The Balaban J connectivity index is 1.38. The fourth-order valence-electron chi connectivity index (χ4n) is 4.46. The summed E-state index contributed by atoms with van der Waals surface area (Å²) in [4.78, 5) is 61.4.